The van der Waals surface area contributed by atoms with Crippen LogP contribution in [0.4, 0.5) is 5.69 Å². The number of aromatic nitrogens is 2. The van der Waals surface area contributed by atoms with Gasteiger partial charge in [-0.25, -0.2) is 8.42 Å². The van der Waals surface area contributed by atoms with Crippen LogP contribution in [0.2, 0.25) is 0 Å². The number of anilines is 1. The van der Waals surface area contributed by atoms with Crippen molar-refractivity contribution in [2.24, 2.45) is 0 Å². The van der Waals surface area contributed by atoms with E-state index in [0.717, 1.165) is 21.6 Å². The molecular formula is C25H26N4O4S2. The van der Waals surface area contributed by atoms with Crippen LogP contribution in [0.5, 0.6) is 0 Å². The number of sulfonamides is 1. The molecule has 2 heterocycles. The minimum Gasteiger partial charge on any atom is -0.337 e. The van der Waals surface area contributed by atoms with E-state index in [-0.39, 0.29) is 19.0 Å². The van der Waals surface area contributed by atoms with E-state index in [9.17, 15) is 13.2 Å². The summed E-state index contributed by atoms with van der Waals surface area (Å²) in [4.78, 5) is 19.7. The molecule has 0 N–H and O–H groups in total. The molecule has 4 rings (SSSR count). The van der Waals surface area contributed by atoms with Gasteiger partial charge in [-0.05, 0) is 54.1 Å². The van der Waals surface area contributed by atoms with Gasteiger partial charge in [0.15, 0.2) is 0 Å². The van der Waals surface area contributed by atoms with Crippen LogP contribution in [0.3, 0.4) is 0 Å². The van der Waals surface area contributed by atoms with Crippen LogP contribution >= 0.6 is 11.3 Å². The number of thiophene rings is 1. The summed E-state index contributed by atoms with van der Waals surface area (Å²) in [5.41, 5.74) is 3.69. The lowest BCUT2D eigenvalue weighted by Crippen LogP contribution is -2.30. The molecule has 35 heavy (non-hydrogen) atoms. The van der Waals surface area contributed by atoms with Crippen molar-refractivity contribution in [2.75, 3.05) is 17.6 Å². The van der Waals surface area contributed by atoms with Crippen molar-refractivity contribution in [3.63, 3.8) is 0 Å². The highest BCUT2D eigenvalue weighted by molar-refractivity contribution is 7.92. The summed E-state index contributed by atoms with van der Waals surface area (Å²) >= 11 is 1.51. The van der Waals surface area contributed by atoms with Crippen molar-refractivity contribution in [1.29, 1.82) is 0 Å². The fourth-order valence-corrected chi connectivity index (χ4v) is 5.45. The molecule has 4 aromatic rings. The zero-order valence-corrected chi connectivity index (χ0v) is 21.6. The van der Waals surface area contributed by atoms with Gasteiger partial charge in [0.25, 0.3) is 5.91 Å². The maximum absolute atomic E-state index is 12.9. The van der Waals surface area contributed by atoms with Crippen LogP contribution in [0, 0.1) is 13.8 Å². The normalized spacial score (nSPS) is 11.4. The quantitative estimate of drug-likeness (QED) is 0.342. The Bertz CT molecular complexity index is 1410. The number of nitrogens with zero attached hydrogens (tertiary/aromatic N) is 4. The summed E-state index contributed by atoms with van der Waals surface area (Å²) in [6.45, 7) is 4.13. The highest BCUT2D eigenvalue weighted by Gasteiger charge is 2.22. The van der Waals surface area contributed by atoms with Crippen molar-refractivity contribution in [3.8, 4) is 10.7 Å². The Morgan fingerprint density at radius 2 is 1.69 bits per heavy atom. The zero-order chi connectivity index (χ0) is 25.2. The van der Waals surface area contributed by atoms with E-state index in [1.54, 1.807) is 31.3 Å². The predicted octanol–water partition coefficient (Wildman–Crippen LogP) is 4.65. The fraction of sp³-hybridized carbons (Fsp3) is 0.240. The molecular weight excluding hydrogens is 484 g/mol. The third-order valence-corrected chi connectivity index (χ3v) is 7.52. The average molecular weight is 511 g/mol. The number of benzene rings is 2. The van der Waals surface area contributed by atoms with Crippen molar-refractivity contribution in [1.82, 2.24) is 15.0 Å². The third-order valence-electron chi connectivity index (χ3n) is 5.55. The molecule has 10 heteroatoms. The standard InChI is InChI=1S/C25H26N4O4S2/c1-17-7-5-8-18(2)23(17)29(35(4,31)32)15-19-10-12-20(13-11-19)25(30)28(3)16-22-26-24(27-33-22)21-9-6-14-34-21/h5-14H,15-16H2,1-4H3. The Labute approximate surface area is 208 Å². The first-order valence-electron chi connectivity index (χ1n) is 10.9. The molecule has 182 valence electrons. The van der Waals surface area contributed by atoms with Gasteiger partial charge < -0.3 is 9.42 Å². The van der Waals surface area contributed by atoms with Crippen molar-refractivity contribution in [2.45, 2.75) is 26.9 Å². The minimum absolute atomic E-state index is 0.169. The fourth-order valence-electron chi connectivity index (χ4n) is 3.80. The molecule has 0 aliphatic carbocycles. The molecule has 0 spiro atoms. The molecule has 0 bridgehead atoms. The van der Waals surface area contributed by atoms with Gasteiger partial charge in [0.1, 0.15) is 0 Å². The number of carbonyl (C=O) groups is 1. The molecule has 1 amide bonds. The summed E-state index contributed by atoms with van der Waals surface area (Å²) in [5.74, 6) is 0.639. The summed E-state index contributed by atoms with van der Waals surface area (Å²) in [7, 11) is -1.85. The number of carbonyl (C=O) groups excluding carboxylic acids is 1. The van der Waals surface area contributed by atoms with Crippen LogP contribution in [-0.4, -0.2) is 42.7 Å². The van der Waals surface area contributed by atoms with E-state index in [2.05, 4.69) is 10.1 Å². The molecule has 0 fully saturated rings. The van der Waals surface area contributed by atoms with E-state index in [0.29, 0.717) is 23.0 Å². The van der Waals surface area contributed by atoms with Crippen LogP contribution in [-0.2, 0) is 23.1 Å². The molecule has 0 aliphatic heterocycles. The Kier molecular flexibility index (Phi) is 7.04. The Morgan fingerprint density at radius 1 is 1.00 bits per heavy atom. The average Bonchev–Trinajstić information content (AvgIpc) is 3.50. The minimum atomic E-state index is -3.51. The van der Waals surface area contributed by atoms with Gasteiger partial charge in [-0.2, -0.15) is 4.98 Å². The summed E-state index contributed by atoms with van der Waals surface area (Å²) < 4.78 is 31.9. The summed E-state index contributed by atoms with van der Waals surface area (Å²) in [6.07, 6.45) is 1.20. The zero-order valence-electron chi connectivity index (χ0n) is 19.9. The molecule has 2 aromatic heterocycles. The van der Waals surface area contributed by atoms with Gasteiger partial charge in [-0.15, -0.1) is 11.3 Å². The van der Waals surface area contributed by atoms with Crippen molar-refractivity contribution < 1.29 is 17.7 Å². The van der Waals surface area contributed by atoms with Crippen molar-refractivity contribution >= 4 is 33.0 Å². The van der Waals surface area contributed by atoms with Crippen molar-refractivity contribution in [3.05, 3.63) is 88.1 Å². The Morgan fingerprint density at radius 3 is 2.29 bits per heavy atom. The molecule has 0 saturated carbocycles. The molecule has 0 radical (unpaired) electrons. The monoisotopic (exact) mass is 510 g/mol. The number of hydrogen-bond donors (Lipinski definition) is 0. The lowest BCUT2D eigenvalue weighted by Gasteiger charge is -2.26. The first-order chi connectivity index (χ1) is 16.6. The van der Waals surface area contributed by atoms with Gasteiger partial charge in [0.05, 0.1) is 29.9 Å². The van der Waals surface area contributed by atoms with Crippen LogP contribution in [0.15, 0.2) is 64.5 Å². The van der Waals surface area contributed by atoms with E-state index >= 15 is 0 Å². The maximum atomic E-state index is 12.9. The van der Waals surface area contributed by atoms with Crippen LogP contribution in [0.1, 0.15) is 32.9 Å². The van der Waals surface area contributed by atoms with Crippen LogP contribution in [0.25, 0.3) is 10.7 Å². The topological polar surface area (TPSA) is 96.6 Å². The summed E-state index contributed by atoms with van der Waals surface area (Å²) in [5, 5.41) is 5.91. The van der Waals surface area contributed by atoms with E-state index < -0.39 is 10.0 Å². The number of hydrogen-bond acceptors (Lipinski definition) is 7. The van der Waals surface area contributed by atoms with Gasteiger partial charge >= 0.3 is 0 Å². The SMILES string of the molecule is Cc1cccc(C)c1N(Cc1ccc(C(=O)N(C)Cc2nc(-c3cccs3)no2)cc1)S(C)(=O)=O. The van der Waals surface area contributed by atoms with Gasteiger partial charge in [-0.3, -0.25) is 9.10 Å². The molecule has 0 saturated heterocycles. The Hall–Kier alpha value is -3.50. The molecule has 0 unspecified atom stereocenters. The second kappa shape index (κ2) is 10.0. The van der Waals surface area contributed by atoms with E-state index in [4.69, 9.17) is 4.52 Å². The second-order valence-corrected chi connectivity index (χ2v) is 11.2. The molecule has 8 nitrogen and oxygen atoms in total. The second-order valence-electron chi connectivity index (χ2n) is 8.36. The van der Waals surface area contributed by atoms with Gasteiger partial charge in [0.2, 0.25) is 21.7 Å². The first-order valence-corrected chi connectivity index (χ1v) is 13.6. The molecule has 0 atom stereocenters. The lowest BCUT2D eigenvalue weighted by molar-refractivity contribution is 0.0769. The van der Waals surface area contributed by atoms with E-state index in [1.807, 2.05) is 49.6 Å². The maximum Gasteiger partial charge on any atom is 0.254 e. The number of rotatable bonds is 8. The van der Waals surface area contributed by atoms with Gasteiger partial charge in [0, 0.05) is 12.6 Å². The highest BCUT2D eigenvalue weighted by atomic mass is 32.2. The van der Waals surface area contributed by atoms with Crippen LogP contribution < -0.4 is 4.31 Å². The third kappa shape index (κ3) is 5.60. The molecule has 2 aromatic carbocycles. The number of amides is 1. The highest BCUT2D eigenvalue weighted by Crippen LogP contribution is 2.28. The largest absolute Gasteiger partial charge is 0.337 e. The van der Waals surface area contributed by atoms with E-state index in [1.165, 1.54) is 26.8 Å². The van der Waals surface area contributed by atoms with Gasteiger partial charge in [-0.1, -0.05) is 41.6 Å². The predicted molar refractivity (Wildman–Crippen MR) is 137 cm³/mol. The number of para-hydroxylation sites is 1. The first kappa shape index (κ1) is 24.6. The number of aryl methyl sites for hydroxylation is 2. The lowest BCUT2D eigenvalue weighted by atomic mass is 10.1. The molecule has 0 aliphatic rings. The smallest absolute Gasteiger partial charge is 0.254 e. The summed E-state index contributed by atoms with van der Waals surface area (Å²) in [6, 6.07) is 16.4. The Balaban J connectivity index is 1.47.